The highest BCUT2D eigenvalue weighted by molar-refractivity contribution is 6.31. The highest BCUT2D eigenvalue weighted by Crippen LogP contribution is 2.28. The van der Waals surface area contributed by atoms with Crippen LogP contribution in [0.25, 0.3) is 21.8 Å². The third-order valence-corrected chi connectivity index (χ3v) is 7.05. The number of nitrogens with one attached hydrogen (secondary N) is 5. The Labute approximate surface area is 277 Å². The number of alkyl halides is 6. The van der Waals surface area contributed by atoms with E-state index < -0.39 is 24.3 Å². The molecule has 0 saturated heterocycles. The van der Waals surface area contributed by atoms with E-state index >= 15 is 0 Å². The summed E-state index contributed by atoms with van der Waals surface area (Å²) in [6.45, 7) is 2.02. The maximum Gasteiger partial charge on any atom is 0.490 e. The molecule has 9 N–H and O–H groups in total. The largest absolute Gasteiger partial charge is 0.490 e. The lowest BCUT2D eigenvalue weighted by Crippen LogP contribution is -2.50. The zero-order valence-electron chi connectivity index (χ0n) is 25.3. The van der Waals surface area contributed by atoms with Crippen molar-refractivity contribution in [1.82, 2.24) is 20.3 Å². The summed E-state index contributed by atoms with van der Waals surface area (Å²) in [6, 6.07) is 13.1. The fraction of sp³-hybridized carbons (Fsp3) is 0.310. The Balaban J connectivity index is 0.000000392. The third kappa shape index (κ3) is 11.1. The lowest BCUT2D eigenvalue weighted by molar-refractivity contribution is -0.193. The maximum absolute atomic E-state index is 13.0. The Kier molecular flexibility index (Phi) is 12.2. The Morgan fingerprint density at radius 1 is 0.939 bits per heavy atom. The maximum atomic E-state index is 13.0. The molecule has 1 aliphatic carbocycles. The van der Waals surface area contributed by atoms with Gasteiger partial charge in [-0.05, 0) is 56.2 Å². The first-order valence-electron chi connectivity index (χ1n) is 14.1. The molecule has 264 valence electrons. The summed E-state index contributed by atoms with van der Waals surface area (Å²) in [5.74, 6) is -5.06. The average Bonchev–Trinajstić information content (AvgIpc) is 3.41. The first-order chi connectivity index (χ1) is 22.7. The zero-order valence-corrected chi connectivity index (χ0v) is 26.0. The summed E-state index contributed by atoms with van der Waals surface area (Å²) < 4.78 is 63.5. The molecule has 0 spiro atoms. The number of H-pyrrole nitrogens is 1. The van der Waals surface area contributed by atoms with Crippen LogP contribution in [0.4, 0.5) is 38.1 Å². The number of anilines is 2. The number of aromatic amines is 1. The fourth-order valence-corrected chi connectivity index (χ4v) is 4.84. The fourth-order valence-electron chi connectivity index (χ4n) is 4.65. The molecule has 4 aromatic rings. The van der Waals surface area contributed by atoms with Gasteiger partial charge in [0.1, 0.15) is 11.5 Å². The van der Waals surface area contributed by atoms with E-state index in [2.05, 4.69) is 30.9 Å². The van der Waals surface area contributed by atoms with Crippen LogP contribution in [0.5, 0.6) is 0 Å². The minimum Gasteiger partial charge on any atom is -0.475 e. The second-order valence-electron chi connectivity index (χ2n) is 10.6. The molecule has 0 aliphatic heterocycles. The van der Waals surface area contributed by atoms with Crippen LogP contribution in [-0.2, 0) is 9.59 Å². The molecule has 1 fully saturated rings. The minimum atomic E-state index is -5.08. The highest BCUT2D eigenvalue weighted by atomic mass is 35.5. The molecule has 2 aromatic carbocycles. The Hall–Kier alpha value is -5.33. The van der Waals surface area contributed by atoms with Crippen LogP contribution in [0.15, 0.2) is 42.5 Å². The molecule has 1 amide bonds. The van der Waals surface area contributed by atoms with Gasteiger partial charge in [-0.15, -0.1) is 0 Å². The quantitative estimate of drug-likeness (QED) is 0.0704. The second kappa shape index (κ2) is 15.7. The standard InChI is InChI=1S/C25H27ClN8O.2C2HF3O2/c1-13-6-8-18-16(10-13)22(30-19-4-2-3-5-20(19)31-24(27)28)33-25(32-18)34-23(35)21-12-14-11-15(26)7-9-17(14)29-21;2*3-2(4,5)1(6)7/h6-12,19-20,29H,2-5H2,1H3,(H4,27,28,31)(H2,30,32,33,34,35);2*(H,6,7). The summed E-state index contributed by atoms with van der Waals surface area (Å²) in [5, 5.41) is 33.7. The number of carbonyl (C=O) groups is 3. The number of hydrogen-bond donors (Lipinski definition) is 8. The van der Waals surface area contributed by atoms with Gasteiger partial charge in [-0.25, -0.2) is 14.6 Å². The van der Waals surface area contributed by atoms with Crippen molar-refractivity contribution in [1.29, 1.82) is 5.41 Å². The topological polar surface area (TPSA) is 219 Å². The molecule has 2 heterocycles. The third-order valence-electron chi connectivity index (χ3n) is 6.82. The molecule has 0 radical (unpaired) electrons. The molecular formula is C29H29ClF6N8O5. The molecule has 20 heteroatoms. The van der Waals surface area contributed by atoms with Gasteiger partial charge in [-0.1, -0.05) is 36.1 Å². The first-order valence-corrected chi connectivity index (χ1v) is 14.5. The van der Waals surface area contributed by atoms with Crippen LogP contribution in [0.2, 0.25) is 5.02 Å². The number of nitrogens with two attached hydrogens (primary N) is 1. The van der Waals surface area contributed by atoms with Crippen LogP contribution in [0.1, 0.15) is 41.7 Å². The molecule has 2 atom stereocenters. The average molecular weight is 719 g/mol. The molecule has 1 aliphatic rings. The van der Waals surface area contributed by atoms with Gasteiger partial charge < -0.3 is 31.6 Å². The summed E-state index contributed by atoms with van der Waals surface area (Å²) in [6.07, 6.45) is -6.19. The number of aromatic nitrogens is 3. The van der Waals surface area contributed by atoms with Crippen molar-refractivity contribution in [2.75, 3.05) is 10.6 Å². The van der Waals surface area contributed by atoms with E-state index in [9.17, 15) is 31.1 Å². The second-order valence-corrected chi connectivity index (χ2v) is 11.0. The zero-order chi connectivity index (χ0) is 36.7. The molecule has 5 rings (SSSR count). The van der Waals surface area contributed by atoms with Crippen LogP contribution >= 0.6 is 11.6 Å². The van der Waals surface area contributed by atoms with E-state index in [1.807, 2.05) is 31.2 Å². The molecule has 2 aromatic heterocycles. The number of halogens is 7. The molecular weight excluding hydrogens is 690 g/mol. The van der Waals surface area contributed by atoms with Crippen LogP contribution in [-0.4, -0.2) is 73.4 Å². The van der Waals surface area contributed by atoms with Crippen LogP contribution < -0.4 is 21.7 Å². The minimum absolute atomic E-state index is 0.0206. The summed E-state index contributed by atoms with van der Waals surface area (Å²) in [7, 11) is 0. The van der Waals surface area contributed by atoms with Gasteiger partial charge in [0.15, 0.2) is 5.96 Å². The van der Waals surface area contributed by atoms with Gasteiger partial charge in [-0.3, -0.25) is 15.5 Å². The predicted octanol–water partition coefficient (Wildman–Crippen LogP) is 5.80. The van der Waals surface area contributed by atoms with Gasteiger partial charge in [0.2, 0.25) is 5.95 Å². The Bertz CT molecular complexity index is 1830. The number of aryl methyl sites for hydroxylation is 1. The van der Waals surface area contributed by atoms with E-state index in [4.69, 9.17) is 42.5 Å². The number of guanidine groups is 1. The summed E-state index contributed by atoms with van der Waals surface area (Å²) in [4.78, 5) is 43.2. The van der Waals surface area contributed by atoms with Gasteiger partial charge >= 0.3 is 24.3 Å². The number of fused-ring (bicyclic) bond motifs is 2. The number of hydrogen-bond acceptors (Lipinski definition) is 7. The predicted molar refractivity (Wildman–Crippen MR) is 168 cm³/mol. The number of carboxylic acid groups (broad SMARTS) is 2. The highest BCUT2D eigenvalue weighted by Gasteiger charge is 2.39. The smallest absolute Gasteiger partial charge is 0.475 e. The number of aliphatic carboxylic acids is 2. The van der Waals surface area contributed by atoms with Crippen LogP contribution in [0.3, 0.4) is 0 Å². The van der Waals surface area contributed by atoms with Crippen molar-refractivity contribution in [3.05, 3.63) is 58.7 Å². The lowest BCUT2D eigenvalue weighted by atomic mass is 9.90. The molecule has 0 bridgehead atoms. The normalized spacial score (nSPS) is 16.0. The number of amides is 1. The summed E-state index contributed by atoms with van der Waals surface area (Å²) in [5.41, 5.74) is 8.63. The van der Waals surface area contributed by atoms with E-state index in [1.54, 1.807) is 18.2 Å². The lowest BCUT2D eigenvalue weighted by Gasteiger charge is -2.33. The van der Waals surface area contributed by atoms with Crippen molar-refractivity contribution < 1.29 is 50.9 Å². The molecule has 1 saturated carbocycles. The SMILES string of the molecule is Cc1ccc2nc(NC(=O)c3cc4cc(Cl)ccc4[nH]3)nc(NC3CCCCC3NC(=N)N)c2c1.O=C(O)C(F)(F)F.O=C(O)C(F)(F)F. The summed E-state index contributed by atoms with van der Waals surface area (Å²) >= 11 is 6.07. The van der Waals surface area contributed by atoms with Gasteiger partial charge in [0, 0.05) is 33.4 Å². The first kappa shape index (κ1) is 38.1. The van der Waals surface area contributed by atoms with E-state index in [0.29, 0.717) is 16.5 Å². The number of rotatable bonds is 5. The number of carbonyl (C=O) groups excluding carboxylic acids is 1. The van der Waals surface area contributed by atoms with Crippen molar-refractivity contribution in [3.63, 3.8) is 0 Å². The number of benzene rings is 2. The number of carboxylic acids is 2. The van der Waals surface area contributed by atoms with Gasteiger partial charge in [-0.2, -0.15) is 31.3 Å². The monoisotopic (exact) mass is 718 g/mol. The van der Waals surface area contributed by atoms with E-state index in [-0.39, 0.29) is 29.9 Å². The Morgan fingerprint density at radius 3 is 2.10 bits per heavy atom. The van der Waals surface area contributed by atoms with Crippen molar-refractivity contribution in [2.45, 2.75) is 57.0 Å². The Morgan fingerprint density at radius 2 is 1.53 bits per heavy atom. The van der Waals surface area contributed by atoms with Crippen LogP contribution in [0, 0.1) is 12.3 Å². The molecule has 13 nitrogen and oxygen atoms in total. The van der Waals surface area contributed by atoms with Crippen molar-refractivity contribution in [2.24, 2.45) is 5.73 Å². The van der Waals surface area contributed by atoms with Crippen molar-refractivity contribution in [3.8, 4) is 0 Å². The van der Waals surface area contributed by atoms with Crippen molar-refractivity contribution >= 4 is 69.0 Å². The van der Waals surface area contributed by atoms with E-state index in [1.165, 1.54) is 0 Å². The van der Waals surface area contributed by atoms with Gasteiger partial charge in [0.05, 0.1) is 5.52 Å². The van der Waals surface area contributed by atoms with Gasteiger partial charge in [0.25, 0.3) is 5.91 Å². The molecule has 49 heavy (non-hydrogen) atoms. The number of nitrogens with zero attached hydrogens (tertiary/aromatic N) is 2. The van der Waals surface area contributed by atoms with E-state index in [0.717, 1.165) is 53.1 Å². The molecule has 2 unspecified atom stereocenters.